The fourth-order valence-corrected chi connectivity index (χ4v) is 0.664. The van der Waals surface area contributed by atoms with Gasteiger partial charge < -0.3 is 0 Å². The van der Waals surface area contributed by atoms with Gasteiger partial charge in [-0.1, -0.05) is 26.3 Å². The minimum absolute atomic E-state index is 0.179. The molecule has 3 heteroatoms. The van der Waals surface area contributed by atoms with E-state index in [-0.39, 0.29) is 5.91 Å². The molecule has 3 nitrogen and oxygen atoms in total. The molecule has 0 radical (unpaired) electrons. The molecule has 0 rings (SSSR count). The Hall–Kier alpha value is -0.830. The minimum Gasteiger partial charge on any atom is -0.288 e. The first-order valence-electron chi connectivity index (χ1n) is 3.96. The van der Waals surface area contributed by atoms with E-state index in [9.17, 15) is 4.79 Å². The lowest BCUT2D eigenvalue weighted by Crippen LogP contribution is -2.36. The van der Waals surface area contributed by atoms with Crippen molar-refractivity contribution in [1.82, 2.24) is 10.9 Å². The van der Waals surface area contributed by atoms with E-state index in [1.165, 1.54) is 18.9 Å². The van der Waals surface area contributed by atoms with E-state index in [0.29, 0.717) is 0 Å². The van der Waals surface area contributed by atoms with Crippen LogP contribution in [0.5, 0.6) is 0 Å². The van der Waals surface area contributed by atoms with E-state index in [1.54, 1.807) is 0 Å². The summed E-state index contributed by atoms with van der Waals surface area (Å²) in [4.78, 5) is 10.6. The number of hydrogen-bond acceptors (Lipinski definition) is 2. The Morgan fingerprint density at radius 3 is 2.82 bits per heavy atom. The Balaban J connectivity index is 3.01. The summed E-state index contributed by atoms with van der Waals surface area (Å²) < 4.78 is 0. The maximum absolute atomic E-state index is 10.6. The summed E-state index contributed by atoms with van der Waals surface area (Å²) in [6, 6.07) is 0. The molecule has 64 valence electrons. The monoisotopic (exact) mass is 156 g/mol. The van der Waals surface area contributed by atoms with Gasteiger partial charge in [0, 0.05) is 6.54 Å². The van der Waals surface area contributed by atoms with Crippen LogP contribution in [0.3, 0.4) is 0 Å². The zero-order chi connectivity index (χ0) is 8.53. The molecule has 0 saturated heterocycles. The Kier molecular flexibility index (Phi) is 6.73. The molecule has 2 N–H and O–H groups in total. The van der Waals surface area contributed by atoms with Crippen LogP contribution in [0.15, 0.2) is 12.7 Å². The van der Waals surface area contributed by atoms with Crippen LogP contribution >= 0.6 is 0 Å². The highest BCUT2D eigenvalue weighted by atomic mass is 16.2. The maximum Gasteiger partial charge on any atom is 0.257 e. The van der Waals surface area contributed by atoms with Crippen LogP contribution in [-0.4, -0.2) is 12.5 Å². The minimum atomic E-state index is -0.179. The van der Waals surface area contributed by atoms with Gasteiger partial charge in [-0.15, -0.1) is 0 Å². The zero-order valence-corrected chi connectivity index (χ0v) is 7.02. The normalized spacial score (nSPS) is 9.18. The molecule has 0 saturated carbocycles. The van der Waals surface area contributed by atoms with Gasteiger partial charge in [0.05, 0.1) is 0 Å². The van der Waals surface area contributed by atoms with Crippen LogP contribution in [0.1, 0.15) is 26.2 Å². The molecular formula is C8H16N2O. The van der Waals surface area contributed by atoms with Gasteiger partial charge in [0.1, 0.15) is 0 Å². The van der Waals surface area contributed by atoms with Gasteiger partial charge in [-0.05, 0) is 12.5 Å². The van der Waals surface area contributed by atoms with Gasteiger partial charge in [-0.3, -0.25) is 10.2 Å². The largest absolute Gasteiger partial charge is 0.288 e. The first kappa shape index (κ1) is 10.2. The number of rotatable bonds is 6. The molecule has 0 aromatic carbocycles. The summed E-state index contributed by atoms with van der Waals surface area (Å²) in [5, 5.41) is 0. The van der Waals surface area contributed by atoms with Gasteiger partial charge in [-0.2, -0.15) is 0 Å². The quantitative estimate of drug-likeness (QED) is 0.342. The van der Waals surface area contributed by atoms with Gasteiger partial charge >= 0.3 is 0 Å². The van der Waals surface area contributed by atoms with Crippen molar-refractivity contribution in [2.24, 2.45) is 0 Å². The average molecular weight is 156 g/mol. The lowest BCUT2D eigenvalue weighted by atomic mass is 10.2. The molecule has 0 aliphatic carbocycles. The van der Waals surface area contributed by atoms with Crippen molar-refractivity contribution in [1.29, 1.82) is 0 Å². The highest BCUT2D eigenvalue weighted by Gasteiger charge is 1.89. The Morgan fingerprint density at radius 1 is 1.55 bits per heavy atom. The van der Waals surface area contributed by atoms with Gasteiger partial charge in [-0.25, -0.2) is 5.43 Å². The molecule has 0 unspecified atom stereocenters. The molecule has 0 fully saturated rings. The molecule has 0 aromatic heterocycles. The highest BCUT2D eigenvalue weighted by Crippen LogP contribution is 1.89. The summed E-state index contributed by atoms with van der Waals surface area (Å²) in [5.74, 6) is -0.179. The van der Waals surface area contributed by atoms with Crippen LogP contribution in [0.4, 0.5) is 0 Å². The topological polar surface area (TPSA) is 41.1 Å². The van der Waals surface area contributed by atoms with Crippen molar-refractivity contribution in [3.8, 4) is 0 Å². The number of hydrazine groups is 1. The average Bonchev–Trinajstić information content (AvgIpc) is 2.04. The lowest BCUT2D eigenvalue weighted by molar-refractivity contribution is -0.117. The lowest BCUT2D eigenvalue weighted by Gasteiger charge is -2.02. The zero-order valence-electron chi connectivity index (χ0n) is 7.02. The fourth-order valence-electron chi connectivity index (χ4n) is 0.664. The SMILES string of the molecule is C=CC(=O)NNCCCCC. The van der Waals surface area contributed by atoms with E-state index < -0.39 is 0 Å². The molecule has 0 aliphatic heterocycles. The molecule has 0 spiro atoms. The summed E-state index contributed by atoms with van der Waals surface area (Å²) in [6.45, 7) is 6.29. The van der Waals surface area contributed by atoms with Crippen LogP contribution in [0, 0.1) is 0 Å². The van der Waals surface area contributed by atoms with Crippen LogP contribution in [-0.2, 0) is 4.79 Å². The Morgan fingerprint density at radius 2 is 2.27 bits per heavy atom. The number of carbonyl (C=O) groups excluding carboxylic acids is 1. The first-order chi connectivity index (χ1) is 5.31. The second-order valence-corrected chi connectivity index (χ2v) is 2.33. The summed E-state index contributed by atoms with van der Waals surface area (Å²) in [7, 11) is 0. The summed E-state index contributed by atoms with van der Waals surface area (Å²) >= 11 is 0. The second-order valence-electron chi connectivity index (χ2n) is 2.33. The van der Waals surface area contributed by atoms with Crippen LogP contribution < -0.4 is 10.9 Å². The van der Waals surface area contributed by atoms with Gasteiger partial charge in [0.15, 0.2) is 0 Å². The van der Waals surface area contributed by atoms with Gasteiger partial charge in [0.2, 0.25) is 0 Å². The second kappa shape index (κ2) is 7.28. The van der Waals surface area contributed by atoms with Crippen molar-refractivity contribution in [3.63, 3.8) is 0 Å². The highest BCUT2D eigenvalue weighted by molar-refractivity contribution is 5.86. The molecule has 0 aliphatic rings. The number of amides is 1. The number of unbranched alkanes of at least 4 members (excludes halogenated alkanes) is 2. The molecule has 11 heavy (non-hydrogen) atoms. The smallest absolute Gasteiger partial charge is 0.257 e. The van der Waals surface area contributed by atoms with E-state index in [4.69, 9.17) is 0 Å². The molecule has 0 atom stereocenters. The first-order valence-corrected chi connectivity index (χ1v) is 3.96. The van der Waals surface area contributed by atoms with Crippen molar-refractivity contribution in [3.05, 3.63) is 12.7 Å². The summed E-state index contributed by atoms with van der Waals surface area (Å²) in [5.41, 5.74) is 5.28. The molecule has 0 bridgehead atoms. The van der Waals surface area contributed by atoms with Crippen LogP contribution in [0.25, 0.3) is 0 Å². The third kappa shape index (κ3) is 7.06. The molecule has 0 aromatic rings. The molecule has 1 amide bonds. The maximum atomic E-state index is 10.6. The van der Waals surface area contributed by atoms with Crippen molar-refractivity contribution in [2.75, 3.05) is 6.54 Å². The van der Waals surface area contributed by atoms with Crippen molar-refractivity contribution < 1.29 is 4.79 Å². The van der Waals surface area contributed by atoms with Crippen molar-refractivity contribution in [2.45, 2.75) is 26.2 Å². The molecule has 0 heterocycles. The van der Waals surface area contributed by atoms with E-state index in [1.807, 2.05) is 0 Å². The van der Waals surface area contributed by atoms with E-state index in [0.717, 1.165) is 13.0 Å². The van der Waals surface area contributed by atoms with Crippen molar-refractivity contribution >= 4 is 5.91 Å². The van der Waals surface area contributed by atoms with Crippen LogP contribution in [0.2, 0.25) is 0 Å². The fraction of sp³-hybridized carbons (Fsp3) is 0.625. The number of hydrogen-bond donors (Lipinski definition) is 2. The molecular weight excluding hydrogens is 140 g/mol. The third-order valence-electron chi connectivity index (χ3n) is 1.30. The predicted molar refractivity (Wildman–Crippen MR) is 45.9 cm³/mol. The Labute approximate surface area is 67.8 Å². The predicted octanol–water partition coefficient (Wildman–Crippen LogP) is 0.983. The summed E-state index contributed by atoms with van der Waals surface area (Å²) in [6.07, 6.45) is 4.72. The number of carbonyl (C=O) groups is 1. The van der Waals surface area contributed by atoms with E-state index in [2.05, 4.69) is 24.4 Å². The van der Waals surface area contributed by atoms with E-state index >= 15 is 0 Å². The number of nitrogens with one attached hydrogen (secondary N) is 2. The standard InChI is InChI=1S/C8H16N2O/c1-3-5-6-7-9-10-8(11)4-2/h4,9H,2-3,5-7H2,1H3,(H,10,11). The van der Waals surface area contributed by atoms with Gasteiger partial charge in [0.25, 0.3) is 5.91 Å². The Bertz CT molecular complexity index is 123. The third-order valence-corrected chi connectivity index (χ3v) is 1.30.